The van der Waals surface area contributed by atoms with Crippen LogP contribution in [0, 0.1) is 0 Å². The Morgan fingerprint density at radius 2 is 2.18 bits per heavy atom. The number of hydrogen-bond donors (Lipinski definition) is 2. The monoisotopic (exact) mass is 254 g/mol. The molecular weight excluding hydrogens is 236 g/mol. The normalized spacial score (nSPS) is 12.2. The molecule has 1 amide bonds. The number of carbonyl (C=O) groups excluding carboxylic acids is 1. The lowest BCUT2D eigenvalue weighted by molar-refractivity contribution is 0.0934. The number of anilines is 1. The molecule has 0 saturated heterocycles. The number of amides is 1. The molecule has 3 nitrogen and oxygen atoms in total. The highest BCUT2D eigenvalue weighted by molar-refractivity contribution is 6.33. The molecule has 1 atom stereocenters. The average Bonchev–Trinajstić information content (AvgIpc) is 2.31. The van der Waals surface area contributed by atoms with Gasteiger partial charge in [0.1, 0.15) is 0 Å². The van der Waals surface area contributed by atoms with Crippen LogP contribution in [0.4, 0.5) is 5.69 Å². The molecule has 0 bridgehead atoms. The van der Waals surface area contributed by atoms with E-state index in [1.54, 1.807) is 18.2 Å². The van der Waals surface area contributed by atoms with Crippen molar-refractivity contribution in [3.63, 3.8) is 0 Å². The summed E-state index contributed by atoms with van der Waals surface area (Å²) in [7, 11) is 0. The number of benzene rings is 1. The van der Waals surface area contributed by atoms with E-state index in [9.17, 15) is 4.79 Å². The fourth-order valence-electron chi connectivity index (χ4n) is 1.72. The van der Waals surface area contributed by atoms with E-state index in [4.69, 9.17) is 17.3 Å². The van der Waals surface area contributed by atoms with Crippen LogP contribution >= 0.6 is 11.6 Å². The van der Waals surface area contributed by atoms with Crippen molar-refractivity contribution in [1.82, 2.24) is 5.32 Å². The first-order valence-corrected chi connectivity index (χ1v) is 6.32. The zero-order chi connectivity index (χ0) is 12.8. The Balaban J connectivity index is 2.79. The molecule has 0 heterocycles. The molecule has 0 aromatic heterocycles. The first kappa shape index (κ1) is 13.8. The number of halogens is 1. The maximum atomic E-state index is 12.0. The van der Waals surface area contributed by atoms with E-state index >= 15 is 0 Å². The first-order chi connectivity index (χ1) is 8.10. The molecule has 0 aliphatic rings. The molecule has 0 aliphatic heterocycles. The van der Waals surface area contributed by atoms with E-state index in [2.05, 4.69) is 19.2 Å². The van der Waals surface area contributed by atoms with Crippen LogP contribution in [0.5, 0.6) is 0 Å². The Morgan fingerprint density at radius 3 is 2.76 bits per heavy atom. The van der Waals surface area contributed by atoms with Gasteiger partial charge in [-0.15, -0.1) is 0 Å². The first-order valence-electron chi connectivity index (χ1n) is 5.95. The van der Waals surface area contributed by atoms with Crippen molar-refractivity contribution < 1.29 is 4.79 Å². The molecule has 0 aliphatic carbocycles. The summed E-state index contributed by atoms with van der Waals surface area (Å²) in [6, 6.07) is 5.30. The van der Waals surface area contributed by atoms with Gasteiger partial charge in [0.2, 0.25) is 0 Å². The second-order valence-corrected chi connectivity index (χ2v) is 4.48. The van der Waals surface area contributed by atoms with E-state index < -0.39 is 0 Å². The van der Waals surface area contributed by atoms with E-state index in [1.807, 2.05) is 0 Å². The maximum absolute atomic E-state index is 12.0. The van der Waals surface area contributed by atoms with Gasteiger partial charge in [-0.25, -0.2) is 0 Å². The van der Waals surface area contributed by atoms with Crippen molar-refractivity contribution in [2.75, 3.05) is 5.73 Å². The van der Waals surface area contributed by atoms with Crippen molar-refractivity contribution in [2.45, 2.75) is 39.2 Å². The Bertz CT molecular complexity index is 393. The highest BCUT2D eigenvalue weighted by atomic mass is 35.5. The zero-order valence-corrected chi connectivity index (χ0v) is 11.1. The second kappa shape index (κ2) is 6.50. The van der Waals surface area contributed by atoms with Crippen molar-refractivity contribution in [3.8, 4) is 0 Å². The molecule has 4 heteroatoms. The Morgan fingerprint density at radius 1 is 1.47 bits per heavy atom. The molecule has 0 saturated carbocycles. The summed E-state index contributed by atoms with van der Waals surface area (Å²) in [4.78, 5) is 12.0. The molecule has 0 spiro atoms. The summed E-state index contributed by atoms with van der Waals surface area (Å²) in [6.07, 6.45) is 2.94. The smallest absolute Gasteiger partial charge is 0.253 e. The van der Waals surface area contributed by atoms with Crippen LogP contribution in [0.1, 0.15) is 43.5 Å². The van der Waals surface area contributed by atoms with Crippen LogP contribution < -0.4 is 11.1 Å². The molecule has 0 radical (unpaired) electrons. The summed E-state index contributed by atoms with van der Waals surface area (Å²) < 4.78 is 0. The van der Waals surface area contributed by atoms with Gasteiger partial charge in [-0.2, -0.15) is 0 Å². The average molecular weight is 255 g/mol. The predicted molar refractivity (Wildman–Crippen MR) is 72.3 cm³/mol. The predicted octanol–water partition coefficient (Wildman–Crippen LogP) is 3.23. The molecular formula is C13H19ClN2O. The number of para-hydroxylation sites is 1. The van der Waals surface area contributed by atoms with E-state index in [-0.39, 0.29) is 11.9 Å². The molecule has 1 aromatic carbocycles. The van der Waals surface area contributed by atoms with Crippen molar-refractivity contribution in [2.24, 2.45) is 0 Å². The van der Waals surface area contributed by atoms with Crippen LogP contribution in [-0.4, -0.2) is 11.9 Å². The Labute approximate surface area is 107 Å². The van der Waals surface area contributed by atoms with Crippen LogP contribution in [0.15, 0.2) is 18.2 Å². The highest BCUT2D eigenvalue weighted by Gasteiger charge is 2.14. The van der Waals surface area contributed by atoms with E-state index in [1.165, 1.54) is 0 Å². The van der Waals surface area contributed by atoms with Crippen LogP contribution in [-0.2, 0) is 0 Å². The summed E-state index contributed by atoms with van der Waals surface area (Å²) in [5, 5.41) is 3.39. The Kier molecular flexibility index (Phi) is 5.29. The third-order valence-corrected chi connectivity index (χ3v) is 3.09. The topological polar surface area (TPSA) is 55.1 Å². The largest absolute Gasteiger partial charge is 0.397 e. The summed E-state index contributed by atoms with van der Waals surface area (Å²) in [5.74, 6) is -0.148. The number of nitrogen functional groups attached to an aromatic ring is 1. The molecule has 1 unspecified atom stereocenters. The van der Waals surface area contributed by atoms with Gasteiger partial charge in [-0.3, -0.25) is 4.79 Å². The third-order valence-electron chi connectivity index (χ3n) is 2.76. The van der Waals surface area contributed by atoms with Crippen LogP contribution in [0.3, 0.4) is 0 Å². The fourth-order valence-corrected chi connectivity index (χ4v) is 1.90. The highest BCUT2D eigenvalue weighted by Crippen LogP contribution is 2.22. The minimum Gasteiger partial charge on any atom is -0.397 e. The molecule has 1 aromatic rings. The third kappa shape index (κ3) is 3.63. The summed E-state index contributed by atoms with van der Waals surface area (Å²) in [6.45, 7) is 4.16. The fraction of sp³-hybridized carbons (Fsp3) is 0.462. The number of hydrogen-bond acceptors (Lipinski definition) is 2. The Hall–Kier alpha value is -1.22. The van der Waals surface area contributed by atoms with Crippen molar-refractivity contribution in [3.05, 3.63) is 28.8 Å². The minimum absolute atomic E-state index is 0.148. The van der Waals surface area contributed by atoms with Crippen molar-refractivity contribution >= 4 is 23.2 Å². The zero-order valence-electron chi connectivity index (χ0n) is 10.3. The molecule has 0 fully saturated rings. The minimum atomic E-state index is -0.148. The molecule has 1 rings (SSSR count). The van der Waals surface area contributed by atoms with Crippen LogP contribution in [0.25, 0.3) is 0 Å². The van der Waals surface area contributed by atoms with Crippen molar-refractivity contribution in [1.29, 1.82) is 0 Å². The lowest BCUT2D eigenvalue weighted by Gasteiger charge is -2.17. The number of rotatable bonds is 5. The summed E-state index contributed by atoms with van der Waals surface area (Å²) in [5.41, 5.74) is 6.58. The lowest BCUT2D eigenvalue weighted by Crippen LogP contribution is -2.34. The van der Waals surface area contributed by atoms with Gasteiger partial charge < -0.3 is 11.1 Å². The van der Waals surface area contributed by atoms with Gasteiger partial charge in [0.25, 0.3) is 5.91 Å². The van der Waals surface area contributed by atoms with Gasteiger partial charge >= 0.3 is 0 Å². The number of nitrogens with two attached hydrogens (primary N) is 1. The van der Waals surface area contributed by atoms with Crippen LogP contribution in [0.2, 0.25) is 5.02 Å². The van der Waals surface area contributed by atoms with Gasteiger partial charge in [0.05, 0.1) is 16.3 Å². The van der Waals surface area contributed by atoms with Gasteiger partial charge in [0.15, 0.2) is 0 Å². The number of carbonyl (C=O) groups is 1. The van der Waals surface area contributed by atoms with Gasteiger partial charge in [-0.1, -0.05) is 37.9 Å². The quantitative estimate of drug-likeness (QED) is 0.793. The van der Waals surface area contributed by atoms with Gasteiger partial charge in [0, 0.05) is 6.04 Å². The maximum Gasteiger partial charge on any atom is 0.253 e. The lowest BCUT2D eigenvalue weighted by atomic mass is 10.1. The molecule has 3 N–H and O–H groups in total. The SMILES string of the molecule is CCCC(CC)NC(=O)c1cccc(Cl)c1N. The number of nitrogens with one attached hydrogen (secondary N) is 1. The van der Waals surface area contributed by atoms with E-state index in [0.717, 1.165) is 19.3 Å². The molecule has 94 valence electrons. The second-order valence-electron chi connectivity index (χ2n) is 4.07. The molecule has 17 heavy (non-hydrogen) atoms. The van der Waals surface area contributed by atoms with E-state index in [0.29, 0.717) is 16.3 Å². The van der Waals surface area contributed by atoms with Gasteiger partial charge in [-0.05, 0) is 25.0 Å². The summed E-state index contributed by atoms with van der Waals surface area (Å²) >= 11 is 5.88. The standard InChI is InChI=1S/C13H19ClN2O/c1-3-6-9(4-2)16-13(17)10-7-5-8-11(14)12(10)15/h5,7-9H,3-4,6,15H2,1-2H3,(H,16,17).